The molecule has 0 aliphatic carbocycles. The van der Waals surface area contributed by atoms with Gasteiger partial charge in [0.2, 0.25) is 0 Å². The molecule has 4 rings (SSSR count). The van der Waals surface area contributed by atoms with Crippen LogP contribution in [0.2, 0.25) is 0 Å². The molecule has 0 aromatic carbocycles. The van der Waals surface area contributed by atoms with E-state index in [-0.39, 0.29) is 23.9 Å². The third kappa shape index (κ3) is 5.48. The van der Waals surface area contributed by atoms with Crippen molar-refractivity contribution in [2.75, 3.05) is 0 Å². The average Bonchev–Trinajstić information content (AvgIpc) is 3.66. The van der Waals surface area contributed by atoms with Crippen molar-refractivity contribution in [1.29, 1.82) is 0 Å². The molecule has 2 unspecified atom stereocenters. The van der Waals surface area contributed by atoms with Crippen molar-refractivity contribution >= 4 is 55.1 Å². The van der Waals surface area contributed by atoms with Gasteiger partial charge < -0.3 is 18.6 Å². The number of carbonyl (C=O) groups excluding carboxylic acids is 2. The van der Waals surface area contributed by atoms with Crippen LogP contribution >= 0.6 is 31.9 Å². The molecule has 206 valence electrons. The number of amides is 2. The first-order valence-corrected chi connectivity index (χ1v) is 15.6. The monoisotopic (exact) mass is 648 g/mol. The summed E-state index contributed by atoms with van der Waals surface area (Å²) in [7, 11) is 0. The van der Waals surface area contributed by atoms with E-state index < -0.39 is 0 Å². The fourth-order valence-electron chi connectivity index (χ4n) is 5.69. The van der Waals surface area contributed by atoms with Crippen molar-refractivity contribution < 1.29 is 18.4 Å². The predicted octanol–water partition coefficient (Wildman–Crippen LogP) is 8.92. The Kier molecular flexibility index (Phi) is 9.79. The lowest BCUT2D eigenvalue weighted by molar-refractivity contribution is -0.125. The predicted molar refractivity (Wildman–Crippen MR) is 157 cm³/mol. The van der Waals surface area contributed by atoms with E-state index >= 15 is 0 Å². The molecule has 2 aromatic heterocycles. The highest BCUT2D eigenvalue weighted by atomic mass is 79.9. The maximum absolute atomic E-state index is 14.4. The second kappa shape index (κ2) is 12.9. The van der Waals surface area contributed by atoms with E-state index in [1.807, 2.05) is 34.1 Å². The summed E-state index contributed by atoms with van der Waals surface area (Å²) < 4.78 is 13.1. The van der Waals surface area contributed by atoms with Crippen LogP contribution in [0.1, 0.15) is 103 Å². The van der Waals surface area contributed by atoms with Gasteiger partial charge in [-0.05, 0) is 81.8 Å². The zero-order chi connectivity index (χ0) is 27.4. The number of furan rings is 2. The van der Waals surface area contributed by atoms with Gasteiger partial charge in [-0.1, -0.05) is 66.2 Å². The molecule has 0 spiro atoms. The number of nitrogens with zero attached hydrogens (tertiary/aromatic N) is 2. The van der Waals surface area contributed by atoms with Crippen LogP contribution in [0.5, 0.6) is 0 Å². The third-order valence-corrected chi connectivity index (χ3v) is 8.49. The smallest absolute Gasteiger partial charge is 0.261 e. The maximum atomic E-state index is 14.4. The Hall–Kier alpha value is -2.06. The van der Waals surface area contributed by atoms with Gasteiger partial charge in [-0.3, -0.25) is 9.59 Å². The number of carbonyl (C=O) groups is 2. The number of rotatable bonds is 14. The lowest BCUT2D eigenvalue weighted by atomic mass is 10.0. The van der Waals surface area contributed by atoms with E-state index in [2.05, 4.69) is 59.6 Å². The topological polar surface area (TPSA) is 66.9 Å². The van der Waals surface area contributed by atoms with Crippen LogP contribution < -0.4 is 0 Å². The van der Waals surface area contributed by atoms with Gasteiger partial charge in [0.15, 0.2) is 20.9 Å². The van der Waals surface area contributed by atoms with Crippen LogP contribution in [-0.2, 0) is 9.59 Å². The van der Waals surface area contributed by atoms with Crippen molar-refractivity contribution in [3.8, 4) is 0 Å². The SMILES string of the molecule is CCCCCC(CC)N1C(=O)C2=C(c3ccc(Br)o3)N(C(CC)CCCCC)C(=O)C2=C1c1ccc(Br)o1. The molecule has 0 radical (unpaired) electrons. The molecule has 0 N–H and O–H groups in total. The Morgan fingerprint density at radius 3 is 1.34 bits per heavy atom. The maximum Gasteiger partial charge on any atom is 0.261 e. The van der Waals surface area contributed by atoms with Gasteiger partial charge in [-0.15, -0.1) is 0 Å². The van der Waals surface area contributed by atoms with E-state index in [0.717, 1.165) is 64.2 Å². The zero-order valence-electron chi connectivity index (χ0n) is 22.8. The van der Waals surface area contributed by atoms with Crippen LogP contribution in [0.4, 0.5) is 0 Å². The van der Waals surface area contributed by atoms with Gasteiger partial charge in [-0.2, -0.15) is 0 Å². The molecule has 4 heterocycles. The third-order valence-electron chi connectivity index (χ3n) is 7.64. The molecular weight excluding hydrogens is 612 g/mol. The lowest BCUT2D eigenvalue weighted by Crippen LogP contribution is -2.39. The fraction of sp³-hybridized carbons (Fsp3) is 0.533. The largest absolute Gasteiger partial charge is 0.448 e. The quantitative estimate of drug-likeness (QED) is 0.192. The molecule has 0 fully saturated rings. The van der Waals surface area contributed by atoms with Gasteiger partial charge in [0, 0.05) is 12.1 Å². The Morgan fingerprint density at radius 2 is 1.05 bits per heavy atom. The van der Waals surface area contributed by atoms with E-state index in [4.69, 9.17) is 8.83 Å². The molecule has 2 atom stereocenters. The Bertz CT molecular complexity index is 1130. The minimum atomic E-state index is -0.146. The first-order chi connectivity index (χ1) is 18.4. The molecule has 8 heteroatoms. The second-order valence-electron chi connectivity index (χ2n) is 10.1. The van der Waals surface area contributed by atoms with Gasteiger partial charge in [0.25, 0.3) is 11.8 Å². The van der Waals surface area contributed by atoms with Crippen molar-refractivity contribution in [1.82, 2.24) is 9.80 Å². The van der Waals surface area contributed by atoms with Crippen LogP contribution in [0.25, 0.3) is 11.4 Å². The summed E-state index contributed by atoms with van der Waals surface area (Å²) in [5.41, 5.74) is 2.03. The number of unbranched alkanes of at least 4 members (excludes halogenated alkanes) is 4. The fourth-order valence-corrected chi connectivity index (χ4v) is 6.31. The Morgan fingerprint density at radius 1 is 0.658 bits per heavy atom. The molecule has 2 amide bonds. The summed E-state index contributed by atoms with van der Waals surface area (Å²) in [4.78, 5) is 32.5. The van der Waals surface area contributed by atoms with E-state index in [0.29, 0.717) is 43.4 Å². The standard InChI is InChI=1S/C30H38Br2N2O4/c1-5-9-11-13-19(7-3)33-27(21-15-17-23(31)37-21)25-26(29(33)35)28(22-16-18-24(32)38-22)34(30(25)36)20(8-4)14-12-10-6-2/h15-20H,5-14H2,1-4H3. The van der Waals surface area contributed by atoms with Crippen molar-refractivity contribution in [2.45, 2.75) is 104 Å². The highest BCUT2D eigenvalue weighted by Gasteiger charge is 2.52. The Balaban J connectivity index is 1.91. The molecule has 2 aromatic rings. The van der Waals surface area contributed by atoms with Crippen molar-refractivity contribution in [3.63, 3.8) is 0 Å². The zero-order valence-corrected chi connectivity index (χ0v) is 26.0. The number of hydrogen-bond acceptors (Lipinski definition) is 4. The summed E-state index contributed by atoms with van der Waals surface area (Å²) in [6.45, 7) is 8.56. The first kappa shape index (κ1) is 28.9. The van der Waals surface area contributed by atoms with E-state index in [9.17, 15) is 9.59 Å². The Labute approximate surface area is 242 Å². The van der Waals surface area contributed by atoms with Crippen LogP contribution in [0.15, 0.2) is 53.6 Å². The van der Waals surface area contributed by atoms with Gasteiger partial charge in [-0.25, -0.2) is 0 Å². The van der Waals surface area contributed by atoms with Crippen LogP contribution in [0.3, 0.4) is 0 Å². The van der Waals surface area contributed by atoms with Crippen LogP contribution in [0, 0.1) is 0 Å². The van der Waals surface area contributed by atoms with E-state index in [1.54, 1.807) is 0 Å². The second-order valence-corrected chi connectivity index (χ2v) is 11.7. The molecule has 0 saturated carbocycles. The molecular formula is C30H38Br2N2O4. The summed E-state index contributed by atoms with van der Waals surface area (Å²) in [6.07, 6.45) is 9.79. The highest BCUT2D eigenvalue weighted by Crippen LogP contribution is 2.50. The van der Waals surface area contributed by atoms with Crippen molar-refractivity contribution in [2.24, 2.45) is 0 Å². The number of fused-ring (bicyclic) bond motifs is 1. The molecule has 0 bridgehead atoms. The molecule has 2 aliphatic rings. The number of halogens is 2. The van der Waals surface area contributed by atoms with Gasteiger partial charge in [0.05, 0.1) is 11.1 Å². The minimum absolute atomic E-state index is 0.0316. The van der Waals surface area contributed by atoms with E-state index in [1.165, 1.54) is 0 Å². The number of hydrogen-bond donors (Lipinski definition) is 0. The minimum Gasteiger partial charge on any atom is -0.448 e. The highest BCUT2D eigenvalue weighted by molar-refractivity contribution is 9.10. The summed E-state index contributed by atoms with van der Waals surface area (Å²) in [5.74, 6) is 0.761. The molecule has 0 saturated heterocycles. The summed E-state index contributed by atoms with van der Waals surface area (Å²) >= 11 is 6.84. The van der Waals surface area contributed by atoms with Crippen LogP contribution in [-0.4, -0.2) is 33.7 Å². The van der Waals surface area contributed by atoms with Crippen molar-refractivity contribution in [3.05, 3.63) is 56.3 Å². The summed E-state index contributed by atoms with van der Waals surface area (Å²) in [6, 6.07) is 7.24. The van der Waals surface area contributed by atoms with Gasteiger partial charge in [0.1, 0.15) is 11.4 Å². The normalized spacial score (nSPS) is 17.3. The van der Waals surface area contributed by atoms with Gasteiger partial charge >= 0.3 is 0 Å². The molecule has 6 nitrogen and oxygen atoms in total. The first-order valence-electron chi connectivity index (χ1n) is 14.0. The summed E-state index contributed by atoms with van der Waals surface area (Å²) in [5, 5.41) is 0. The molecule has 2 aliphatic heterocycles. The molecule has 38 heavy (non-hydrogen) atoms. The lowest BCUT2D eigenvalue weighted by Gasteiger charge is -2.32. The average molecular weight is 650 g/mol.